The third kappa shape index (κ3) is 3.36. The molecule has 0 saturated heterocycles. The molecule has 0 fully saturated rings. The number of aromatic nitrogens is 1. The van der Waals surface area contributed by atoms with Crippen molar-refractivity contribution in [3.63, 3.8) is 0 Å². The fourth-order valence-corrected chi connectivity index (χ4v) is 3.35. The lowest BCUT2D eigenvalue weighted by Gasteiger charge is -2.26. The highest BCUT2D eigenvalue weighted by Crippen LogP contribution is 2.36. The van der Waals surface area contributed by atoms with Crippen LogP contribution in [0, 0.1) is 5.92 Å². The van der Waals surface area contributed by atoms with Gasteiger partial charge in [0.25, 0.3) is 0 Å². The van der Waals surface area contributed by atoms with E-state index in [2.05, 4.69) is 65.5 Å². The highest BCUT2D eigenvalue weighted by molar-refractivity contribution is 7.17. The summed E-state index contributed by atoms with van der Waals surface area (Å²) in [4.78, 5) is 6.52. The van der Waals surface area contributed by atoms with Crippen LogP contribution in [0.5, 0.6) is 0 Å². The van der Waals surface area contributed by atoms with Crippen LogP contribution in [-0.2, 0) is 0 Å². The van der Waals surface area contributed by atoms with E-state index in [1.165, 1.54) is 21.5 Å². The Hall–Kier alpha value is -1.58. The van der Waals surface area contributed by atoms with Gasteiger partial charge in [0.05, 0.1) is 5.69 Å². The Morgan fingerprint density at radius 1 is 1.10 bits per heavy atom. The van der Waals surface area contributed by atoms with Crippen molar-refractivity contribution in [1.82, 2.24) is 4.98 Å². The van der Waals surface area contributed by atoms with Crippen LogP contribution in [0.2, 0.25) is 0 Å². The number of hydrogen-bond donors (Lipinski definition) is 0. The van der Waals surface area contributed by atoms with E-state index in [-0.39, 0.29) is 12.4 Å². The van der Waals surface area contributed by atoms with Gasteiger partial charge >= 0.3 is 0 Å². The van der Waals surface area contributed by atoms with Crippen LogP contribution in [0.1, 0.15) is 13.8 Å². The van der Waals surface area contributed by atoms with Crippen molar-refractivity contribution in [3.8, 4) is 0 Å². The lowest BCUT2D eigenvalue weighted by Crippen LogP contribution is -2.22. The van der Waals surface area contributed by atoms with Crippen LogP contribution in [-0.4, -0.2) is 11.5 Å². The van der Waals surface area contributed by atoms with Crippen molar-refractivity contribution in [1.29, 1.82) is 0 Å². The van der Waals surface area contributed by atoms with Gasteiger partial charge in [-0.2, -0.15) is 0 Å². The Labute approximate surface area is 135 Å². The SMILES string of the molecule is CC(C)CN(c1ccncc1)c1csc2ccccc12.Cl. The normalized spacial score (nSPS) is 10.6. The summed E-state index contributed by atoms with van der Waals surface area (Å²) in [7, 11) is 0. The largest absolute Gasteiger partial charge is 0.340 e. The second-order valence-corrected chi connectivity index (χ2v) is 6.24. The smallest absolute Gasteiger partial charge is 0.0599 e. The third-order valence-electron chi connectivity index (χ3n) is 3.27. The summed E-state index contributed by atoms with van der Waals surface area (Å²) >= 11 is 1.81. The molecule has 21 heavy (non-hydrogen) atoms. The first-order valence-corrected chi connectivity index (χ1v) is 7.77. The number of thiophene rings is 1. The number of hydrogen-bond acceptors (Lipinski definition) is 3. The van der Waals surface area contributed by atoms with Gasteiger partial charge in [-0.25, -0.2) is 0 Å². The Kier molecular flexibility index (Phi) is 5.21. The van der Waals surface area contributed by atoms with Gasteiger partial charge in [0, 0.05) is 40.1 Å². The van der Waals surface area contributed by atoms with Crippen LogP contribution in [0.4, 0.5) is 11.4 Å². The molecular weight excluding hydrogens is 300 g/mol. The van der Waals surface area contributed by atoms with Crippen molar-refractivity contribution in [2.24, 2.45) is 5.92 Å². The quantitative estimate of drug-likeness (QED) is 0.630. The Morgan fingerprint density at radius 2 is 1.81 bits per heavy atom. The van der Waals surface area contributed by atoms with Gasteiger partial charge in [0.1, 0.15) is 0 Å². The van der Waals surface area contributed by atoms with Crippen molar-refractivity contribution in [2.45, 2.75) is 13.8 Å². The predicted octanol–water partition coefficient (Wildman–Crippen LogP) is 5.51. The van der Waals surface area contributed by atoms with Gasteiger partial charge in [-0.15, -0.1) is 23.7 Å². The van der Waals surface area contributed by atoms with Crippen molar-refractivity contribution in [2.75, 3.05) is 11.4 Å². The van der Waals surface area contributed by atoms with Crippen LogP contribution in [0.15, 0.2) is 54.2 Å². The number of fused-ring (bicyclic) bond motifs is 1. The molecule has 1 aromatic carbocycles. The standard InChI is InChI=1S/C17H18N2S.ClH/c1-13(2)11-19(14-7-9-18-10-8-14)16-12-20-17-6-4-3-5-15(16)17;/h3-10,12-13H,11H2,1-2H3;1H. The van der Waals surface area contributed by atoms with Crippen molar-refractivity contribution >= 4 is 45.2 Å². The zero-order valence-corrected chi connectivity index (χ0v) is 13.8. The zero-order valence-electron chi connectivity index (χ0n) is 12.2. The summed E-state index contributed by atoms with van der Waals surface area (Å²) in [6, 6.07) is 12.8. The molecule has 2 heterocycles. The third-order valence-corrected chi connectivity index (χ3v) is 4.22. The van der Waals surface area contributed by atoms with E-state index < -0.39 is 0 Å². The molecule has 0 bridgehead atoms. The lowest BCUT2D eigenvalue weighted by molar-refractivity contribution is 0.652. The molecule has 0 aliphatic heterocycles. The van der Waals surface area contributed by atoms with Crippen molar-refractivity contribution < 1.29 is 0 Å². The van der Waals surface area contributed by atoms with Gasteiger partial charge in [-0.1, -0.05) is 32.0 Å². The minimum Gasteiger partial charge on any atom is -0.340 e. The van der Waals surface area contributed by atoms with E-state index in [0.717, 1.165) is 6.54 Å². The second-order valence-electron chi connectivity index (χ2n) is 5.33. The Balaban J connectivity index is 0.00000161. The number of halogens is 1. The van der Waals surface area contributed by atoms with E-state index in [9.17, 15) is 0 Å². The van der Waals surface area contributed by atoms with E-state index in [0.29, 0.717) is 5.92 Å². The van der Waals surface area contributed by atoms with Crippen LogP contribution >= 0.6 is 23.7 Å². The molecule has 2 nitrogen and oxygen atoms in total. The number of rotatable bonds is 4. The summed E-state index contributed by atoms with van der Waals surface area (Å²) in [6.07, 6.45) is 3.72. The first-order valence-electron chi connectivity index (χ1n) is 6.89. The molecule has 0 atom stereocenters. The average Bonchev–Trinajstić information content (AvgIpc) is 2.89. The molecule has 110 valence electrons. The minimum atomic E-state index is 0. The number of nitrogens with zero attached hydrogens (tertiary/aromatic N) is 2. The van der Waals surface area contributed by atoms with Gasteiger partial charge in [-0.3, -0.25) is 4.98 Å². The minimum absolute atomic E-state index is 0. The van der Waals surface area contributed by atoms with Crippen LogP contribution in [0.3, 0.4) is 0 Å². The van der Waals surface area contributed by atoms with Gasteiger partial charge in [0.15, 0.2) is 0 Å². The van der Waals surface area contributed by atoms with Crippen molar-refractivity contribution in [3.05, 3.63) is 54.2 Å². The number of benzene rings is 1. The monoisotopic (exact) mass is 318 g/mol. The van der Waals surface area contributed by atoms with Gasteiger partial charge < -0.3 is 4.90 Å². The maximum atomic E-state index is 4.13. The number of anilines is 2. The van der Waals surface area contributed by atoms with E-state index in [1.807, 2.05) is 12.4 Å². The van der Waals surface area contributed by atoms with E-state index in [4.69, 9.17) is 0 Å². The summed E-state index contributed by atoms with van der Waals surface area (Å²) < 4.78 is 1.34. The molecule has 0 spiro atoms. The van der Waals surface area contributed by atoms with Gasteiger partial charge in [0.2, 0.25) is 0 Å². The molecule has 2 aromatic heterocycles. The molecule has 3 rings (SSSR count). The summed E-state index contributed by atoms with van der Waals surface area (Å²) in [5.41, 5.74) is 2.50. The number of pyridine rings is 1. The maximum absolute atomic E-state index is 4.13. The first kappa shape index (κ1) is 15.8. The summed E-state index contributed by atoms with van der Waals surface area (Å²) in [6.45, 7) is 5.51. The summed E-state index contributed by atoms with van der Waals surface area (Å²) in [5.74, 6) is 0.599. The molecule has 0 aliphatic carbocycles. The molecule has 0 saturated carbocycles. The highest BCUT2D eigenvalue weighted by atomic mass is 35.5. The van der Waals surface area contributed by atoms with E-state index in [1.54, 1.807) is 11.3 Å². The first-order chi connectivity index (χ1) is 9.75. The summed E-state index contributed by atoms with van der Waals surface area (Å²) in [5, 5.41) is 3.59. The fraction of sp³-hybridized carbons (Fsp3) is 0.235. The predicted molar refractivity (Wildman–Crippen MR) is 95.2 cm³/mol. The van der Waals surface area contributed by atoms with Gasteiger partial charge in [-0.05, 0) is 24.1 Å². The van der Waals surface area contributed by atoms with Crippen LogP contribution in [0.25, 0.3) is 10.1 Å². The maximum Gasteiger partial charge on any atom is 0.0599 e. The van der Waals surface area contributed by atoms with E-state index >= 15 is 0 Å². The second kappa shape index (κ2) is 6.92. The topological polar surface area (TPSA) is 16.1 Å². The Bertz CT molecular complexity index is 694. The van der Waals surface area contributed by atoms with Crippen LogP contribution < -0.4 is 4.90 Å². The molecule has 0 N–H and O–H groups in total. The molecular formula is C17H19ClN2S. The highest BCUT2D eigenvalue weighted by Gasteiger charge is 2.15. The Morgan fingerprint density at radius 3 is 2.52 bits per heavy atom. The zero-order chi connectivity index (χ0) is 13.9. The molecule has 3 aromatic rings. The molecule has 0 unspecified atom stereocenters. The molecule has 0 amide bonds. The molecule has 0 radical (unpaired) electrons. The molecule has 0 aliphatic rings. The molecule has 4 heteroatoms. The lowest BCUT2D eigenvalue weighted by atomic mass is 10.1. The average molecular weight is 319 g/mol. The fourth-order valence-electron chi connectivity index (χ4n) is 2.40.